The van der Waals surface area contributed by atoms with E-state index >= 15 is 0 Å². The smallest absolute Gasteiger partial charge is 0.322 e. The number of para-hydroxylation sites is 1. The Morgan fingerprint density at radius 2 is 1.90 bits per heavy atom. The van der Waals surface area contributed by atoms with Gasteiger partial charge in [0.05, 0.1) is 0 Å². The number of hydrogen-bond acceptors (Lipinski definition) is 3. The molecule has 1 atom stereocenters. The Morgan fingerprint density at radius 1 is 1.06 bits per heavy atom. The highest BCUT2D eigenvalue weighted by Gasteiger charge is 2.33. The standard InChI is InChI=1S/C24H19F2N3O2/c25-16-9-10-18(19(26)14-16)15-8-11-22-20(13-15)28-23(31-22)21-7-4-12-29(21)24(30)27-17-5-2-1-3-6-17/h1-3,5-6,8-11,13-14,21H,4,7,12H2,(H,27,30)/t21-/m1/s1. The molecule has 1 saturated heterocycles. The Bertz CT molecular complexity index is 1260. The van der Waals surface area contributed by atoms with Gasteiger partial charge in [0.15, 0.2) is 5.58 Å². The van der Waals surface area contributed by atoms with E-state index < -0.39 is 11.6 Å². The molecule has 0 spiro atoms. The number of oxazole rings is 1. The van der Waals surface area contributed by atoms with Gasteiger partial charge in [0, 0.05) is 23.9 Å². The summed E-state index contributed by atoms with van der Waals surface area (Å²) in [4.78, 5) is 19.1. The zero-order valence-electron chi connectivity index (χ0n) is 16.5. The van der Waals surface area contributed by atoms with Crippen molar-refractivity contribution in [3.8, 4) is 11.1 Å². The molecule has 7 heteroatoms. The zero-order valence-corrected chi connectivity index (χ0v) is 16.5. The molecular weight excluding hydrogens is 400 g/mol. The molecule has 1 aliphatic heterocycles. The SMILES string of the molecule is O=C(Nc1ccccc1)N1CCC[C@@H]1c1nc2cc(-c3ccc(F)cc3F)ccc2o1. The van der Waals surface area contributed by atoms with Crippen molar-refractivity contribution in [2.24, 2.45) is 0 Å². The van der Waals surface area contributed by atoms with Gasteiger partial charge in [-0.2, -0.15) is 0 Å². The van der Waals surface area contributed by atoms with Crippen LogP contribution in [0.4, 0.5) is 19.3 Å². The fourth-order valence-corrected chi connectivity index (χ4v) is 3.96. The second kappa shape index (κ2) is 7.83. The predicted octanol–water partition coefficient (Wildman–Crippen LogP) is 6.14. The highest BCUT2D eigenvalue weighted by atomic mass is 19.1. The van der Waals surface area contributed by atoms with E-state index in [1.54, 1.807) is 23.1 Å². The number of nitrogens with one attached hydrogen (secondary N) is 1. The van der Waals surface area contributed by atoms with Crippen LogP contribution in [0.2, 0.25) is 0 Å². The first-order valence-corrected chi connectivity index (χ1v) is 10.1. The van der Waals surface area contributed by atoms with Crippen LogP contribution in [0.3, 0.4) is 0 Å². The van der Waals surface area contributed by atoms with Crippen molar-refractivity contribution in [3.05, 3.63) is 84.3 Å². The van der Waals surface area contributed by atoms with Crippen LogP contribution >= 0.6 is 0 Å². The molecule has 2 heterocycles. The molecule has 31 heavy (non-hydrogen) atoms. The number of likely N-dealkylation sites (tertiary alicyclic amines) is 1. The first kappa shape index (κ1) is 19.2. The van der Waals surface area contributed by atoms with Gasteiger partial charge in [0.25, 0.3) is 0 Å². The average Bonchev–Trinajstić information content (AvgIpc) is 3.41. The Kier molecular flexibility index (Phi) is 4.86. The summed E-state index contributed by atoms with van der Waals surface area (Å²) in [6.07, 6.45) is 1.59. The summed E-state index contributed by atoms with van der Waals surface area (Å²) in [7, 11) is 0. The molecule has 1 aromatic heterocycles. The van der Waals surface area contributed by atoms with Crippen molar-refractivity contribution in [2.45, 2.75) is 18.9 Å². The molecule has 0 unspecified atom stereocenters. The fraction of sp³-hybridized carbons (Fsp3) is 0.167. The van der Waals surface area contributed by atoms with E-state index in [1.807, 2.05) is 30.3 Å². The lowest BCUT2D eigenvalue weighted by molar-refractivity contribution is 0.199. The number of halogens is 2. The summed E-state index contributed by atoms with van der Waals surface area (Å²) < 4.78 is 33.3. The number of urea groups is 1. The maximum atomic E-state index is 14.2. The molecule has 5 rings (SSSR count). The molecule has 2 amide bonds. The van der Waals surface area contributed by atoms with E-state index in [0.29, 0.717) is 29.1 Å². The van der Waals surface area contributed by atoms with E-state index in [9.17, 15) is 13.6 Å². The molecule has 0 bridgehead atoms. The normalized spacial score (nSPS) is 16.1. The molecule has 1 N–H and O–H groups in total. The highest BCUT2D eigenvalue weighted by molar-refractivity contribution is 5.89. The highest BCUT2D eigenvalue weighted by Crippen LogP contribution is 2.35. The number of aromatic nitrogens is 1. The van der Waals surface area contributed by atoms with Crippen LogP contribution in [0, 0.1) is 11.6 Å². The van der Waals surface area contributed by atoms with Gasteiger partial charge < -0.3 is 14.6 Å². The number of hydrogen-bond donors (Lipinski definition) is 1. The summed E-state index contributed by atoms with van der Waals surface area (Å²) in [5.41, 5.74) is 2.71. The molecule has 3 aromatic carbocycles. The number of carbonyl (C=O) groups is 1. The van der Waals surface area contributed by atoms with Crippen molar-refractivity contribution in [3.63, 3.8) is 0 Å². The number of anilines is 1. The van der Waals surface area contributed by atoms with E-state index in [-0.39, 0.29) is 17.6 Å². The van der Waals surface area contributed by atoms with Crippen molar-refractivity contribution in [1.29, 1.82) is 0 Å². The summed E-state index contributed by atoms with van der Waals surface area (Å²) >= 11 is 0. The van der Waals surface area contributed by atoms with Gasteiger partial charge >= 0.3 is 6.03 Å². The largest absolute Gasteiger partial charge is 0.438 e. The number of carbonyl (C=O) groups excluding carboxylic acids is 1. The summed E-state index contributed by atoms with van der Waals surface area (Å²) in [6, 6.07) is 17.4. The van der Waals surface area contributed by atoms with E-state index in [2.05, 4.69) is 10.3 Å². The first-order chi connectivity index (χ1) is 15.1. The maximum Gasteiger partial charge on any atom is 0.322 e. The Balaban J connectivity index is 1.42. The van der Waals surface area contributed by atoms with Crippen LogP contribution in [0.1, 0.15) is 24.8 Å². The zero-order chi connectivity index (χ0) is 21.4. The minimum absolute atomic E-state index is 0.204. The second-order valence-corrected chi connectivity index (χ2v) is 7.51. The average molecular weight is 419 g/mol. The van der Waals surface area contributed by atoms with Gasteiger partial charge in [0.2, 0.25) is 5.89 Å². The van der Waals surface area contributed by atoms with Gasteiger partial charge in [-0.1, -0.05) is 24.3 Å². The van der Waals surface area contributed by atoms with Crippen molar-refractivity contribution < 1.29 is 18.0 Å². The number of amides is 2. The Hall–Kier alpha value is -3.74. The van der Waals surface area contributed by atoms with Crippen LogP contribution < -0.4 is 5.32 Å². The minimum atomic E-state index is -0.636. The third-order valence-corrected chi connectivity index (χ3v) is 5.47. The number of nitrogens with zero attached hydrogens (tertiary/aromatic N) is 2. The monoisotopic (exact) mass is 419 g/mol. The molecule has 0 radical (unpaired) electrons. The van der Waals surface area contributed by atoms with Crippen molar-refractivity contribution in [2.75, 3.05) is 11.9 Å². The van der Waals surface area contributed by atoms with E-state index in [4.69, 9.17) is 4.42 Å². The lowest BCUT2D eigenvalue weighted by Gasteiger charge is -2.22. The molecule has 5 nitrogen and oxygen atoms in total. The van der Waals surface area contributed by atoms with Gasteiger partial charge in [-0.05, 0) is 54.8 Å². The predicted molar refractivity (Wildman–Crippen MR) is 114 cm³/mol. The van der Waals surface area contributed by atoms with Gasteiger partial charge in [-0.3, -0.25) is 0 Å². The number of rotatable bonds is 3. The van der Waals surface area contributed by atoms with Crippen LogP contribution in [0.5, 0.6) is 0 Å². The quantitative estimate of drug-likeness (QED) is 0.434. The maximum absolute atomic E-state index is 14.2. The summed E-state index contributed by atoms with van der Waals surface area (Å²) in [6.45, 7) is 0.605. The Morgan fingerprint density at radius 3 is 2.71 bits per heavy atom. The molecule has 0 aliphatic carbocycles. The molecular formula is C24H19F2N3O2. The third kappa shape index (κ3) is 3.74. The summed E-state index contributed by atoms with van der Waals surface area (Å²) in [5, 5.41) is 2.90. The molecule has 1 fully saturated rings. The van der Waals surface area contributed by atoms with Crippen molar-refractivity contribution >= 4 is 22.8 Å². The summed E-state index contributed by atoms with van der Waals surface area (Å²) in [5.74, 6) is -0.809. The molecule has 156 valence electrons. The molecule has 0 saturated carbocycles. The third-order valence-electron chi connectivity index (χ3n) is 5.47. The van der Waals surface area contributed by atoms with Gasteiger partial charge in [-0.15, -0.1) is 0 Å². The lowest BCUT2D eigenvalue weighted by Crippen LogP contribution is -2.34. The topological polar surface area (TPSA) is 58.4 Å². The van der Waals surface area contributed by atoms with E-state index in [0.717, 1.165) is 24.6 Å². The second-order valence-electron chi connectivity index (χ2n) is 7.51. The van der Waals surface area contributed by atoms with Gasteiger partial charge in [0.1, 0.15) is 23.2 Å². The fourth-order valence-electron chi connectivity index (χ4n) is 3.96. The molecule has 1 aliphatic rings. The van der Waals surface area contributed by atoms with Crippen LogP contribution in [0.25, 0.3) is 22.2 Å². The van der Waals surface area contributed by atoms with Crippen LogP contribution in [-0.2, 0) is 0 Å². The Labute approximate surface area is 177 Å². The van der Waals surface area contributed by atoms with Crippen LogP contribution in [-0.4, -0.2) is 22.5 Å². The lowest BCUT2D eigenvalue weighted by atomic mass is 10.0. The van der Waals surface area contributed by atoms with Crippen LogP contribution in [0.15, 0.2) is 71.1 Å². The van der Waals surface area contributed by atoms with Gasteiger partial charge in [-0.25, -0.2) is 18.6 Å². The number of fused-ring (bicyclic) bond motifs is 1. The molecule has 4 aromatic rings. The van der Waals surface area contributed by atoms with Crippen molar-refractivity contribution in [1.82, 2.24) is 9.88 Å². The first-order valence-electron chi connectivity index (χ1n) is 10.1. The van der Waals surface area contributed by atoms with E-state index in [1.165, 1.54) is 12.1 Å². The minimum Gasteiger partial charge on any atom is -0.438 e. The number of benzene rings is 3.